The maximum absolute atomic E-state index is 13.7. The van der Waals surface area contributed by atoms with E-state index in [-0.39, 0.29) is 11.5 Å². The minimum atomic E-state index is -1.44. The highest BCUT2D eigenvalue weighted by Crippen LogP contribution is 2.32. The second kappa shape index (κ2) is 5.58. The standard InChI is InChI=1S/C14H9BrF2O3/c1-7-4-9(16)2-3-11(7)20-12-6-8(15)5-10(17)13(12)14(18)19/h2-6H,1H3,(H,18,19). The summed E-state index contributed by atoms with van der Waals surface area (Å²) in [4.78, 5) is 11.1. The Morgan fingerprint density at radius 1 is 1.20 bits per heavy atom. The van der Waals surface area contributed by atoms with Gasteiger partial charge >= 0.3 is 5.97 Å². The molecule has 0 saturated carbocycles. The average Bonchev–Trinajstić information content (AvgIpc) is 2.31. The van der Waals surface area contributed by atoms with Crippen molar-refractivity contribution in [2.24, 2.45) is 0 Å². The minimum Gasteiger partial charge on any atom is -0.477 e. The lowest BCUT2D eigenvalue weighted by Crippen LogP contribution is -2.04. The van der Waals surface area contributed by atoms with Crippen LogP contribution in [0.4, 0.5) is 8.78 Å². The molecule has 0 saturated heterocycles. The first-order valence-electron chi connectivity index (χ1n) is 5.55. The number of aryl methyl sites for hydroxylation is 1. The summed E-state index contributed by atoms with van der Waals surface area (Å²) < 4.78 is 32.4. The second-order valence-corrected chi connectivity index (χ2v) is 4.99. The zero-order valence-electron chi connectivity index (χ0n) is 10.3. The van der Waals surface area contributed by atoms with Crippen molar-refractivity contribution in [1.82, 2.24) is 0 Å². The maximum Gasteiger partial charge on any atom is 0.342 e. The molecule has 2 aromatic carbocycles. The summed E-state index contributed by atoms with van der Waals surface area (Å²) in [6.07, 6.45) is 0. The number of rotatable bonds is 3. The fourth-order valence-electron chi connectivity index (χ4n) is 1.68. The van der Waals surface area contributed by atoms with Gasteiger partial charge in [-0.3, -0.25) is 0 Å². The molecule has 0 atom stereocenters. The summed E-state index contributed by atoms with van der Waals surface area (Å²) >= 11 is 3.07. The van der Waals surface area contributed by atoms with Crippen LogP contribution in [0.1, 0.15) is 15.9 Å². The number of carbonyl (C=O) groups is 1. The van der Waals surface area contributed by atoms with E-state index in [2.05, 4.69) is 15.9 Å². The van der Waals surface area contributed by atoms with E-state index in [0.717, 1.165) is 6.07 Å². The second-order valence-electron chi connectivity index (χ2n) is 4.08. The maximum atomic E-state index is 13.7. The zero-order valence-corrected chi connectivity index (χ0v) is 11.9. The number of carboxylic acid groups (broad SMARTS) is 1. The van der Waals surface area contributed by atoms with Crippen molar-refractivity contribution in [2.45, 2.75) is 6.92 Å². The van der Waals surface area contributed by atoms with Gasteiger partial charge in [0.2, 0.25) is 0 Å². The SMILES string of the molecule is Cc1cc(F)ccc1Oc1cc(Br)cc(F)c1C(=O)O. The lowest BCUT2D eigenvalue weighted by atomic mass is 10.1. The van der Waals surface area contributed by atoms with E-state index in [9.17, 15) is 13.6 Å². The van der Waals surface area contributed by atoms with Crippen molar-refractivity contribution >= 4 is 21.9 Å². The quantitative estimate of drug-likeness (QED) is 0.891. The first-order valence-corrected chi connectivity index (χ1v) is 6.34. The lowest BCUT2D eigenvalue weighted by Gasteiger charge is -2.12. The molecule has 20 heavy (non-hydrogen) atoms. The van der Waals surface area contributed by atoms with Crippen LogP contribution < -0.4 is 4.74 Å². The Morgan fingerprint density at radius 3 is 2.50 bits per heavy atom. The number of halogens is 3. The third kappa shape index (κ3) is 2.96. The number of aromatic carboxylic acids is 1. The Balaban J connectivity index is 2.50. The molecular weight excluding hydrogens is 334 g/mol. The van der Waals surface area contributed by atoms with Gasteiger partial charge in [0.15, 0.2) is 0 Å². The van der Waals surface area contributed by atoms with E-state index >= 15 is 0 Å². The Morgan fingerprint density at radius 2 is 1.90 bits per heavy atom. The molecule has 1 N–H and O–H groups in total. The monoisotopic (exact) mass is 342 g/mol. The Kier molecular flexibility index (Phi) is 4.04. The molecule has 0 radical (unpaired) electrons. The van der Waals surface area contributed by atoms with Crippen LogP contribution in [0.2, 0.25) is 0 Å². The molecule has 6 heteroatoms. The van der Waals surface area contributed by atoms with Gasteiger partial charge in [0, 0.05) is 4.47 Å². The van der Waals surface area contributed by atoms with Crippen molar-refractivity contribution in [3.05, 3.63) is 57.6 Å². The van der Waals surface area contributed by atoms with Gasteiger partial charge in [-0.2, -0.15) is 0 Å². The Hall–Kier alpha value is -1.95. The van der Waals surface area contributed by atoms with E-state index in [1.54, 1.807) is 6.92 Å². The van der Waals surface area contributed by atoms with Crippen LogP contribution >= 0.6 is 15.9 Å². The molecule has 0 bridgehead atoms. The topological polar surface area (TPSA) is 46.5 Å². The molecule has 0 amide bonds. The van der Waals surface area contributed by atoms with E-state index in [1.807, 2.05) is 0 Å². The Bertz CT molecular complexity index is 686. The number of ether oxygens (including phenoxy) is 1. The lowest BCUT2D eigenvalue weighted by molar-refractivity contribution is 0.0689. The van der Waals surface area contributed by atoms with Crippen molar-refractivity contribution in [1.29, 1.82) is 0 Å². The van der Waals surface area contributed by atoms with Crippen molar-refractivity contribution in [3.8, 4) is 11.5 Å². The minimum absolute atomic E-state index is 0.154. The largest absolute Gasteiger partial charge is 0.477 e. The average molecular weight is 343 g/mol. The van der Waals surface area contributed by atoms with Gasteiger partial charge in [0.25, 0.3) is 0 Å². The van der Waals surface area contributed by atoms with Gasteiger partial charge in [0.05, 0.1) is 0 Å². The Labute approximate surface area is 121 Å². The summed E-state index contributed by atoms with van der Waals surface area (Å²) in [5.41, 5.74) is -0.0985. The van der Waals surface area contributed by atoms with Crippen LogP contribution in [-0.4, -0.2) is 11.1 Å². The smallest absolute Gasteiger partial charge is 0.342 e. The molecule has 0 aliphatic carbocycles. The predicted molar refractivity (Wildman–Crippen MR) is 72.3 cm³/mol. The highest BCUT2D eigenvalue weighted by molar-refractivity contribution is 9.10. The third-order valence-corrected chi connectivity index (χ3v) is 3.05. The van der Waals surface area contributed by atoms with Crippen molar-refractivity contribution < 1.29 is 23.4 Å². The number of hydrogen-bond acceptors (Lipinski definition) is 2. The summed E-state index contributed by atoms with van der Waals surface area (Å²) in [6.45, 7) is 1.60. The molecule has 0 unspecified atom stereocenters. The highest BCUT2D eigenvalue weighted by Gasteiger charge is 2.19. The van der Waals surface area contributed by atoms with Gasteiger partial charge < -0.3 is 9.84 Å². The molecule has 2 aromatic rings. The molecule has 0 fully saturated rings. The van der Waals surface area contributed by atoms with E-state index in [0.29, 0.717) is 10.0 Å². The fourth-order valence-corrected chi connectivity index (χ4v) is 2.09. The normalized spacial score (nSPS) is 10.4. The summed E-state index contributed by atoms with van der Waals surface area (Å²) in [5.74, 6) is -2.69. The first-order chi connectivity index (χ1) is 9.38. The van der Waals surface area contributed by atoms with Crippen LogP contribution in [0.15, 0.2) is 34.8 Å². The fraction of sp³-hybridized carbons (Fsp3) is 0.0714. The number of benzene rings is 2. The van der Waals surface area contributed by atoms with Crippen molar-refractivity contribution in [3.63, 3.8) is 0 Å². The molecule has 0 aliphatic rings. The van der Waals surface area contributed by atoms with E-state index in [4.69, 9.17) is 9.84 Å². The van der Waals surface area contributed by atoms with E-state index in [1.165, 1.54) is 24.3 Å². The van der Waals surface area contributed by atoms with Crippen LogP contribution in [0, 0.1) is 18.6 Å². The van der Waals surface area contributed by atoms with Crippen LogP contribution in [0.25, 0.3) is 0 Å². The van der Waals surface area contributed by atoms with Gasteiger partial charge in [-0.25, -0.2) is 13.6 Å². The molecule has 3 nitrogen and oxygen atoms in total. The van der Waals surface area contributed by atoms with Gasteiger partial charge in [-0.15, -0.1) is 0 Å². The molecule has 2 rings (SSSR count). The molecule has 0 heterocycles. The number of hydrogen-bond donors (Lipinski definition) is 1. The number of carboxylic acids is 1. The van der Waals surface area contributed by atoms with Crippen molar-refractivity contribution in [2.75, 3.05) is 0 Å². The van der Waals surface area contributed by atoms with Gasteiger partial charge in [0.1, 0.15) is 28.7 Å². The molecule has 0 aromatic heterocycles. The molecule has 0 aliphatic heterocycles. The van der Waals surface area contributed by atoms with Gasteiger partial charge in [-0.1, -0.05) is 15.9 Å². The summed E-state index contributed by atoms with van der Waals surface area (Å²) in [5, 5.41) is 9.03. The zero-order chi connectivity index (χ0) is 14.9. The molecular formula is C14H9BrF2O3. The highest BCUT2D eigenvalue weighted by atomic mass is 79.9. The van der Waals surface area contributed by atoms with Crippen LogP contribution in [0.3, 0.4) is 0 Å². The van der Waals surface area contributed by atoms with Crippen LogP contribution in [-0.2, 0) is 0 Å². The third-order valence-electron chi connectivity index (χ3n) is 2.59. The summed E-state index contributed by atoms with van der Waals surface area (Å²) in [7, 11) is 0. The molecule has 0 spiro atoms. The molecule has 104 valence electrons. The van der Waals surface area contributed by atoms with Gasteiger partial charge in [-0.05, 0) is 42.8 Å². The summed E-state index contributed by atoms with van der Waals surface area (Å²) in [6, 6.07) is 6.15. The van der Waals surface area contributed by atoms with E-state index < -0.39 is 23.2 Å². The predicted octanol–water partition coefficient (Wildman–Crippen LogP) is 4.53. The first kappa shape index (κ1) is 14.5. The van der Waals surface area contributed by atoms with Crippen LogP contribution in [0.5, 0.6) is 11.5 Å².